The topological polar surface area (TPSA) is 74.2 Å². The van der Waals surface area contributed by atoms with Crippen molar-refractivity contribution in [2.24, 2.45) is 4.99 Å². The number of methoxy groups -OCH3 is 1. The number of rotatable bonds is 7. The summed E-state index contributed by atoms with van der Waals surface area (Å²) in [7, 11) is 5.03. The summed E-state index contributed by atoms with van der Waals surface area (Å²) in [6.45, 7) is 2.74. The molecule has 1 N–H and O–H groups in total. The van der Waals surface area contributed by atoms with Crippen molar-refractivity contribution in [3.63, 3.8) is 0 Å². The van der Waals surface area contributed by atoms with Gasteiger partial charge in [-0.1, -0.05) is 35.5 Å². The Morgan fingerprint density at radius 2 is 2.00 bits per heavy atom. The van der Waals surface area contributed by atoms with Crippen molar-refractivity contribution in [2.45, 2.75) is 19.4 Å². The van der Waals surface area contributed by atoms with Gasteiger partial charge >= 0.3 is 0 Å². The number of benzene rings is 1. The molecular weight excluding hydrogens is 424 g/mol. The molecule has 2 aliphatic rings. The van der Waals surface area contributed by atoms with Gasteiger partial charge in [-0.05, 0) is 30.0 Å². The summed E-state index contributed by atoms with van der Waals surface area (Å²) in [5.41, 5.74) is 2.96. The number of nitrogens with zero attached hydrogens (tertiary/aromatic N) is 3. The summed E-state index contributed by atoms with van der Waals surface area (Å²) in [6.07, 6.45) is 0.183. The molecule has 0 fully saturated rings. The molecule has 0 saturated heterocycles. The lowest BCUT2D eigenvalue weighted by Crippen LogP contribution is -2.40. The molecule has 2 amide bonds. The number of amides is 2. The summed E-state index contributed by atoms with van der Waals surface area (Å²) in [5, 5.41) is 6.14. The Bertz CT molecular complexity index is 925. The second-order valence-electron chi connectivity index (χ2n) is 7.16. The van der Waals surface area contributed by atoms with E-state index in [9.17, 15) is 9.59 Å². The minimum Gasteiger partial charge on any atom is -0.383 e. The Morgan fingerprint density at radius 3 is 2.63 bits per heavy atom. The standard InChI is InChI=1S/C21H25ClN4O3S/c1-13-18(20(28)25(2)3)19(14-5-7-15(22)8-6-14)26-16(12-30-21(26)24-13)11-17(27)23-9-10-29-4/h5-8,12,19H,9-11H2,1-4H3,(H,23,27). The number of carbonyl (C=O) groups is 2. The van der Waals surface area contributed by atoms with Crippen LogP contribution in [0.5, 0.6) is 0 Å². The molecule has 1 atom stereocenters. The zero-order valence-electron chi connectivity index (χ0n) is 17.4. The average molecular weight is 449 g/mol. The molecule has 7 nitrogen and oxygen atoms in total. The molecule has 0 aliphatic carbocycles. The highest BCUT2D eigenvalue weighted by Gasteiger charge is 2.40. The Hall–Kier alpha value is -2.29. The van der Waals surface area contributed by atoms with Gasteiger partial charge in [-0.25, -0.2) is 4.99 Å². The van der Waals surface area contributed by atoms with E-state index >= 15 is 0 Å². The van der Waals surface area contributed by atoms with Crippen LogP contribution in [0, 0.1) is 0 Å². The van der Waals surface area contributed by atoms with Crippen molar-refractivity contribution in [3.05, 3.63) is 57.2 Å². The number of halogens is 1. The van der Waals surface area contributed by atoms with Crippen molar-refractivity contribution in [2.75, 3.05) is 34.4 Å². The number of ether oxygens (including phenoxy) is 1. The zero-order valence-corrected chi connectivity index (χ0v) is 19.0. The summed E-state index contributed by atoms with van der Waals surface area (Å²) in [6, 6.07) is 7.04. The van der Waals surface area contributed by atoms with Gasteiger partial charge in [-0.2, -0.15) is 0 Å². The van der Waals surface area contributed by atoms with Gasteiger partial charge in [0.15, 0.2) is 5.17 Å². The summed E-state index contributed by atoms with van der Waals surface area (Å²) < 4.78 is 4.99. The van der Waals surface area contributed by atoms with E-state index in [-0.39, 0.29) is 18.2 Å². The fourth-order valence-electron chi connectivity index (χ4n) is 3.36. The van der Waals surface area contributed by atoms with Crippen molar-refractivity contribution >= 4 is 40.3 Å². The van der Waals surface area contributed by atoms with Crippen LogP contribution >= 0.6 is 23.4 Å². The monoisotopic (exact) mass is 448 g/mol. The van der Waals surface area contributed by atoms with Crippen molar-refractivity contribution in [1.82, 2.24) is 15.1 Å². The molecule has 1 aromatic rings. The van der Waals surface area contributed by atoms with Crippen molar-refractivity contribution < 1.29 is 14.3 Å². The third-order valence-corrected chi connectivity index (χ3v) is 5.93. The van der Waals surface area contributed by atoms with E-state index in [4.69, 9.17) is 16.3 Å². The number of amidine groups is 1. The van der Waals surface area contributed by atoms with E-state index in [1.165, 1.54) is 11.8 Å². The molecule has 0 spiro atoms. The van der Waals surface area contributed by atoms with Crippen LogP contribution in [0.25, 0.3) is 0 Å². The van der Waals surface area contributed by atoms with Crippen molar-refractivity contribution in [1.29, 1.82) is 0 Å². The van der Waals surface area contributed by atoms with E-state index in [1.807, 2.05) is 29.4 Å². The zero-order chi connectivity index (χ0) is 21.8. The van der Waals surface area contributed by atoms with Gasteiger partial charge in [-0.15, -0.1) is 0 Å². The lowest BCUT2D eigenvalue weighted by Gasteiger charge is -2.37. The number of carbonyl (C=O) groups excluding carboxylic acids is 2. The molecular formula is C21H25ClN4O3S. The van der Waals surface area contributed by atoms with Gasteiger partial charge in [0, 0.05) is 38.5 Å². The molecule has 1 unspecified atom stereocenters. The molecule has 0 radical (unpaired) electrons. The Labute approximate surface area is 185 Å². The van der Waals surface area contributed by atoms with Crippen LogP contribution in [0.4, 0.5) is 0 Å². The fourth-order valence-corrected chi connectivity index (χ4v) is 4.45. The van der Waals surface area contributed by atoms with Gasteiger partial charge in [0.05, 0.1) is 30.3 Å². The van der Waals surface area contributed by atoms with E-state index < -0.39 is 6.04 Å². The number of hydrogen-bond acceptors (Lipinski definition) is 6. The first-order valence-electron chi connectivity index (χ1n) is 9.50. The van der Waals surface area contributed by atoms with Crippen LogP contribution in [-0.2, 0) is 14.3 Å². The van der Waals surface area contributed by atoms with Gasteiger partial charge in [0.1, 0.15) is 0 Å². The van der Waals surface area contributed by atoms with E-state index in [1.54, 1.807) is 38.2 Å². The number of fused-ring (bicyclic) bond motifs is 1. The molecule has 9 heteroatoms. The summed E-state index contributed by atoms with van der Waals surface area (Å²) in [5.74, 6) is -0.224. The van der Waals surface area contributed by atoms with E-state index in [0.29, 0.717) is 29.4 Å². The molecule has 1 aromatic carbocycles. The molecule has 2 aliphatic heterocycles. The highest BCUT2D eigenvalue weighted by atomic mass is 35.5. The number of likely N-dealkylation sites (N-methyl/N-ethyl adjacent to an activating group) is 1. The molecule has 2 heterocycles. The van der Waals surface area contributed by atoms with Crippen LogP contribution in [0.15, 0.2) is 51.6 Å². The van der Waals surface area contributed by atoms with Gasteiger partial charge < -0.3 is 19.9 Å². The van der Waals surface area contributed by atoms with E-state index in [0.717, 1.165) is 16.4 Å². The predicted octanol–water partition coefficient (Wildman–Crippen LogP) is 3.16. The minimum atomic E-state index is -0.391. The van der Waals surface area contributed by atoms with Crippen LogP contribution in [0.2, 0.25) is 5.02 Å². The highest BCUT2D eigenvalue weighted by Crippen LogP contribution is 2.44. The van der Waals surface area contributed by atoms with Gasteiger partial charge in [0.2, 0.25) is 5.91 Å². The first-order valence-corrected chi connectivity index (χ1v) is 10.8. The Kier molecular flexibility index (Phi) is 7.23. The third-order valence-electron chi connectivity index (χ3n) is 4.79. The lowest BCUT2D eigenvalue weighted by molar-refractivity contribution is -0.125. The lowest BCUT2D eigenvalue weighted by atomic mass is 9.93. The molecule has 160 valence electrons. The van der Waals surface area contributed by atoms with Crippen LogP contribution in [0.3, 0.4) is 0 Å². The maximum Gasteiger partial charge on any atom is 0.253 e. The minimum absolute atomic E-state index is 0.109. The smallest absolute Gasteiger partial charge is 0.253 e. The summed E-state index contributed by atoms with van der Waals surface area (Å²) >= 11 is 7.55. The number of aliphatic imine (C=N–C) groups is 1. The van der Waals surface area contributed by atoms with Gasteiger partial charge in [-0.3, -0.25) is 9.59 Å². The third kappa shape index (κ3) is 4.71. The number of thioether (sulfide) groups is 1. The largest absolute Gasteiger partial charge is 0.383 e. The first-order chi connectivity index (χ1) is 14.3. The van der Waals surface area contributed by atoms with E-state index in [2.05, 4.69) is 10.3 Å². The normalized spacial score (nSPS) is 18.0. The second-order valence-corrected chi connectivity index (χ2v) is 8.44. The molecule has 0 aromatic heterocycles. The highest BCUT2D eigenvalue weighted by molar-refractivity contribution is 8.16. The molecule has 0 saturated carbocycles. The fraction of sp³-hybridized carbons (Fsp3) is 0.381. The number of hydrogen-bond donors (Lipinski definition) is 1. The SMILES string of the molecule is COCCNC(=O)CC1=CSC2=NC(C)=C(C(=O)N(C)C)C(c3ccc(Cl)cc3)N12. The molecule has 30 heavy (non-hydrogen) atoms. The summed E-state index contributed by atoms with van der Waals surface area (Å²) in [4.78, 5) is 33.7. The first kappa shape index (κ1) is 22.4. The van der Waals surface area contributed by atoms with Crippen LogP contribution < -0.4 is 5.32 Å². The Morgan fingerprint density at radius 1 is 1.30 bits per heavy atom. The molecule has 3 rings (SSSR count). The van der Waals surface area contributed by atoms with Crippen LogP contribution in [0.1, 0.15) is 24.9 Å². The number of allylic oxidation sites excluding steroid dienone is 1. The van der Waals surface area contributed by atoms with Crippen molar-refractivity contribution in [3.8, 4) is 0 Å². The van der Waals surface area contributed by atoms with Crippen LogP contribution in [-0.4, -0.2) is 61.1 Å². The average Bonchev–Trinajstić information content (AvgIpc) is 3.09. The number of nitrogens with one attached hydrogen (secondary N) is 1. The molecule has 0 bridgehead atoms. The maximum atomic E-state index is 13.1. The Balaban J connectivity index is 1.97. The van der Waals surface area contributed by atoms with Gasteiger partial charge in [0.25, 0.3) is 5.91 Å². The predicted molar refractivity (Wildman–Crippen MR) is 120 cm³/mol. The maximum absolute atomic E-state index is 13.1. The second kappa shape index (κ2) is 9.68. The quantitative estimate of drug-likeness (QED) is 0.648.